The van der Waals surface area contributed by atoms with Crippen LogP contribution in [0.5, 0.6) is 0 Å². The molecule has 4 nitrogen and oxygen atoms in total. The summed E-state index contributed by atoms with van der Waals surface area (Å²) in [4.78, 5) is 11.2. The number of nitrogens with two attached hydrogens (primary N) is 1. The minimum Gasteiger partial charge on any atom is -0.399 e. The van der Waals surface area contributed by atoms with Gasteiger partial charge in [-0.2, -0.15) is 0 Å². The predicted octanol–water partition coefficient (Wildman–Crippen LogP) is 2.54. The Balaban J connectivity index is 1.86. The second-order valence-corrected chi connectivity index (χ2v) is 5.10. The molecule has 98 valence electrons. The van der Waals surface area contributed by atoms with Gasteiger partial charge in [0.15, 0.2) is 0 Å². The topological polar surface area (TPSA) is 55.0 Å². The lowest BCUT2D eigenvalue weighted by molar-refractivity contribution is 0.755. The number of nitrogen functional groups attached to an aromatic ring is 1. The van der Waals surface area contributed by atoms with Crippen molar-refractivity contribution in [2.75, 3.05) is 10.6 Å². The second kappa shape index (κ2) is 4.88. The van der Waals surface area contributed by atoms with Gasteiger partial charge in [0.05, 0.1) is 0 Å². The molecule has 1 fully saturated rings. The van der Waals surface area contributed by atoms with Crippen LogP contribution >= 0.6 is 0 Å². The third-order valence-electron chi connectivity index (χ3n) is 3.33. The summed E-state index contributed by atoms with van der Waals surface area (Å²) in [5.41, 5.74) is 8.85. The average molecular weight is 254 g/mol. The van der Waals surface area contributed by atoms with Gasteiger partial charge in [0.1, 0.15) is 0 Å². The fourth-order valence-corrected chi connectivity index (χ4v) is 2.21. The first kappa shape index (κ1) is 12.0. The van der Waals surface area contributed by atoms with Crippen LogP contribution in [-0.4, -0.2) is 16.0 Å². The van der Waals surface area contributed by atoms with Crippen molar-refractivity contribution < 1.29 is 0 Å². The van der Waals surface area contributed by atoms with Crippen molar-refractivity contribution in [3.05, 3.63) is 47.8 Å². The normalized spacial score (nSPS) is 14.4. The van der Waals surface area contributed by atoms with E-state index < -0.39 is 0 Å². The fourth-order valence-electron chi connectivity index (χ4n) is 2.21. The Bertz CT molecular complexity index is 578. The molecule has 2 aromatic rings. The van der Waals surface area contributed by atoms with E-state index in [0.29, 0.717) is 6.04 Å². The number of hydrogen-bond acceptors (Lipinski definition) is 4. The van der Waals surface area contributed by atoms with Gasteiger partial charge in [-0.05, 0) is 43.5 Å². The van der Waals surface area contributed by atoms with Crippen molar-refractivity contribution >= 4 is 11.6 Å². The summed E-state index contributed by atoms with van der Waals surface area (Å²) in [6.45, 7) is 2.82. The first-order chi connectivity index (χ1) is 9.22. The Morgan fingerprint density at radius 3 is 2.84 bits per heavy atom. The van der Waals surface area contributed by atoms with Gasteiger partial charge in [-0.1, -0.05) is 12.1 Å². The van der Waals surface area contributed by atoms with Gasteiger partial charge in [-0.25, -0.2) is 9.97 Å². The SMILES string of the molecule is Cc1ccnc(N(Cc2cccc(N)c2)C2CC2)n1. The number of hydrogen-bond donors (Lipinski definition) is 1. The van der Waals surface area contributed by atoms with Crippen LogP contribution in [0, 0.1) is 6.92 Å². The van der Waals surface area contributed by atoms with Crippen LogP contribution in [0.25, 0.3) is 0 Å². The van der Waals surface area contributed by atoms with Crippen molar-refractivity contribution in [2.24, 2.45) is 0 Å². The third-order valence-corrected chi connectivity index (χ3v) is 3.33. The van der Waals surface area contributed by atoms with Crippen molar-refractivity contribution in [2.45, 2.75) is 32.4 Å². The standard InChI is InChI=1S/C15H18N4/c1-11-7-8-17-15(18-11)19(14-5-6-14)10-12-3-2-4-13(16)9-12/h2-4,7-9,14H,5-6,10,16H2,1H3. The van der Waals surface area contributed by atoms with E-state index in [0.717, 1.165) is 23.9 Å². The Morgan fingerprint density at radius 2 is 2.16 bits per heavy atom. The van der Waals surface area contributed by atoms with Crippen molar-refractivity contribution in [3.8, 4) is 0 Å². The van der Waals surface area contributed by atoms with E-state index in [9.17, 15) is 0 Å². The molecule has 1 heterocycles. The smallest absolute Gasteiger partial charge is 0.226 e. The highest BCUT2D eigenvalue weighted by molar-refractivity contribution is 5.43. The zero-order valence-corrected chi connectivity index (χ0v) is 11.1. The average Bonchev–Trinajstić information content (AvgIpc) is 3.20. The zero-order valence-electron chi connectivity index (χ0n) is 11.1. The minimum absolute atomic E-state index is 0.572. The molecule has 1 aromatic carbocycles. The number of aryl methyl sites for hydroxylation is 1. The molecule has 4 heteroatoms. The summed E-state index contributed by atoms with van der Waals surface area (Å²) < 4.78 is 0. The molecule has 0 bridgehead atoms. The van der Waals surface area contributed by atoms with E-state index in [4.69, 9.17) is 5.73 Å². The first-order valence-corrected chi connectivity index (χ1v) is 6.63. The number of benzene rings is 1. The van der Waals surface area contributed by atoms with Crippen LogP contribution in [0.15, 0.2) is 36.5 Å². The zero-order chi connectivity index (χ0) is 13.2. The van der Waals surface area contributed by atoms with Gasteiger partial charge in [0.2, 0.25) is 5.95 Å². The van der Waals surface area contributed by atoms with Crippen LogP contribution in [0.4, 0.5) is 11.6 Å². The minimum atomic E-state index is 0.572. The summed E-state index contributed by atoms with van der Waals surface area (Å²) in [6, 6.07) is 10.5. The summed E-state index contributed by atoms with van der Waals surface area (Å²) in [6.07, 6.45) is 4.27. The Morgan fingerprint density at radius 1 is 1.32 bits per heavy atom. The van der Waals surface area contributed by atoms with Crippen LogP contribution in [0.1, 0.15) is 24.1 Å². The van der Waals surface area contributed by atoms with E-state index >= 15 is 0 Å². The van der Waals surface area contributed by atoms with E-state index in [1.807, 2.05) is 37.4 Å². The molecule has 0 saturated heterocycles. The number of nitrogens with zero attached hydrogens (tertiary/aromatic N) is 3. The molecular weight excluding hydrogens is 236 g/mol. The van der Waals surface area contributed by atoms with Crippen LogP contribution in [0.2, 0.25) is 0 Å². The number of anilines is 2. The van der Waals surface area contributed by atoms with E-state index in [2.05, 4.69) is 20.9 Å². The second-order valence-electron chi connectivity index (χ2n) is 5.10. The molecular formula is C15H18N4. The Hall–Kier alpha value is -2.10. The van der Waals surface area contributed by atoms with Crippen LogP contribution in [0.3, 0.4) is 0 Å². The summed E-state index contributed by atoms with van der Waals surface area (Å²) in [5, 5.41) is 0. The lowest BCUT2D eigenvalue weighted by atomic mass is 10.2. The molecule has 1 aromatic heterocycles. The molecule has 2 N–H and O–H groups in total. The molecule has 1 aliphatic carbocycles. The Kier molecular flexibility index (Phi) is 3.07. The molecule has 1 saturated carbocycles. The highest BCUT2D eigenvalue weighted by Gasteiger charge is 2.30. The largest absolute Gasteiger partial charge is 0.399 e. The summed E-state index contributed by atoms with van der Waals surface area (Å²) >= 11 is 0. The van der Waals surface area contributed by atoms with Crippen LogP contribution in [-0.2, 0) is 6.54 Å². The fraction of sp³-hybridized carbons (Fsp3) is 0.333. The number of aromatic nitrogens is 2. The van der Waals surface area contributed by atoms with Crippen molar-refractivity contribution in [1.29, 1.82) is 0 Å². The van der Waals surface area contributed by atoms with Gasteiger partial charge >= 0.3 is 0 Å². The highest BCUT2D eigenvalue weighted by atomic mass is 15.3. The van der Waals surface area contributed by atoms with Gasteiger partial charge in [-0.3, -0.25) is 0 Å². The van der Waals surface area contributed by atoms with Gasteiger partial charge < -0.3 is 10.6 Å². The van der Waals surface area contributed by atoms with Gasteiger partial charge in [-0.15, -0.1) is 0 Å². The summed E-state index contributed by atoms with van der Waals surface area (Å²) in [5.74, 6) is 0.824. The number of rotatable bonds is 4. The van der Waals surface area contributed by atoms with Crippen molar-refractivity contribution in [1.82, 2.24) is 9.97 Å². The van der Waals surface area contributed by atoms with E-state index in [1.165, 1.54) is 18.4 Å². The maximum absolute atomic E-state index is 5.84. The molecule has 1 aliphatic rings. The van der Waals surface area contributed by atoms with E-state index in [-0.39, 0.29) is 0 Å². The molecule has 0 unspecified atom stereocenters. The van der Waals surface area contributed by atoms with Crippen molar-refractivity contribution in [3.63, 3.8) is 0 Å². The molecule has 0 amide bonds. The molecule has 19 heavy (non-hydrogen) atoms. The Labute approximate surface area is 113 Å². The first-order valence-electron chi connectivity index (χ1n) is 6.63. The molecule has 0 radical (unpaired) electrons. The highest BCUT2D eigenvalue weighted by Crippen LogP contribution is 2.31. The van der Waals surface area contributed by atoms with E-state index in [1.54, 1.807) is 0 Å². The molecule has 0 atom stereocenters. The quantitative estimate of drug-likeness (QED) is 0.852. The third kappa shape index (κ3) is 2.84. The molecule has 0 spiro atoms. The maximum atomic E-state index is 5.84. The lowest BCUT2D eigenvalue weighted by Crippen LogP contribution is -2.27. The molecule has 0 aliphatic heterocycles. The maximum Gasteiger partial charge on any atom is 0.226 e. The predicted molar refractivity (Wildman–Crippen MR) is 76.8 cm³/mol. The summed E-state index contributed by atoms with van der Waals surface area (Å²) in [7, 11) is 0. The van der Waals surface area contributed by atoms with Crippen LogP contribution < -0.4 is 10.6 Å². The monoisotopic (exact) mass is 254 g/mol. The van der Waals surface area contributed by atoms with Gasteiger partial charge in [0, 0.05) is 30.2 Å². The lowest BCUT2D eigenvalue weighted by Gasteiger charge is -2.22. The van der Waals surface area contributed by atoms with Gasteiger partial charge in [0.25, 0.3) is 0 Å². The molecule has 3 rings (SSSR count).